The van der Waals surface area contributed by atoms with Gasteiger partial charge in [-0.15, -0.1) is 0 Å². The van der Waals surface area contributed by atoms with Crippen molar-refractivity contribution in [1.29, 1.82) is 0 Å². The van der Waals surface area contributed by atoms with Gasteiger partial charge in [0.1, 0.15) is 23.7 Å². The molecule has 0 fully saturated rings. The van der Waals surface area contributed by atoms with Crippen molar-refractivity contribution in [3.63, 3.8) is 0 Å². The number of benzene rings is 2. The molecule has 4 nitrogen and oxygen atoms in total. The molecular formula is C19H18O4. The predicted octanol–water partition coefficient (Wildman–Crippen LogP) is 4.00. The smallest absolute Gasteiger partial charge is 0.336 e. The van der Waals surface area contributed by atoms with Crippen LogP contribution in [0.1, 0.15) is 16.7 Å². The number of aryl methyl sites for hydroxylation is 2. The van der Waals surface area contributed by atoms with Crippen molar-refractivity contribution < 1.29 is 13.9 Å². The lowest BCUT2D eigenvalue weighted by atomic mass is 10.1. The molecule has 4 heteroatoms. The van der Waals surface area contributed by atoms with E-state index in [9.17, 15) is 4.79 Å². The summed E-state index contributed by atoms with van der Waals surface area (Å²) in [5.41, 5.74) is 3.03. The number of ether oxygens (including phenoxy) is 2. The van der Waals surface area contributed by atoms with E-state index in [1.807, 2.05) is 44.2 Å². The monoisotopic (exact) mass is 310 g/mol. The largest absolute Gasteiger partial charge is 0.497 e. The Morgan fingerprint density at radius 2 is 1.78 bits per heavy atom. The fourth-order valence-electron chi connectivity index (χ4n) is 2.63. The summed E-state index contributed by atoms with van der Waals surface area (Å²) in [5, 5.41) is 0.844. The van der Waals surface area contributed by atoms with Gasteiger partial charge in [0.05, 0.1) is 7.11 Å². The van der Waals surface area contributed by atoms with E-state index in [-0.39, 0.29) is 0 Å². The fourth-order valence-corrected chi connectivity index (χ4v) is 2.63. The van der Waals surface area contributed by atoms with E-state index in [0.717, 1.165) is 27.8 Å². The molecule has 0 amide bonds. The quantitative estimate of drug-likeness (QED) is 0.683. The Kier molecular flexibility index (Phi) is 4.06. The van der Waals surface area contributed by atoms with Crippen molar-refractivity contribution in [2.24, 2.45) is 0 Å². The molecule has 0 aliphatic rings. The van der Waals surface area contributed by atoms with Gasteiger partial charge in [0.15, 0.2) is 0 Å². The first kappa shape index (κ1) is 15.2. The summed E-state index contributed by atoms with van der Waals surface area (Å²) >= 11 is 0. The normalized spacial score (nSPS) is 10.7. The van der Waals surface area contributed by atoms with Gasteiger partial charge in [0.2, 0.25) is 0 Å². The van der Waals surface area contributed by atoms with Crippen molar-refractivity contribution in [2.45, 2.75) is 20.5 Å². The van der Waals surface area contributed by atoms with E-state index >= 15 is 0 Å². The van der Waals surface area contributed by atoms with Gasteiger partial charge in [-0.25, -0.2) is 4.79 Å². The minimum Gasteiger partial charge on any atom is -0.497 e. The number of rotatable bonds is 4. The molecule has 1 heterocycles. The summed E-state index contributed by atoms with van der Waals surface area (Å²) in [6, 6.07) is 12.9. The van der Waals surface area contributed by atoms with Crippen molar-refractivity contribution in [3.8, 4) is 11.5 Å². The van der Waals surface area contributed by atoms with Crippen LogP contribution in [0.25, 0.3) is 11.0 Å². The first-order valence-corrected chi connectivity index (χ1v) is 7.38. The maximum Gasteiger partial charge on any atom is 0.336 e. The lowest BCUT2D eigenvalue weighted by molar-refractivity contribution is 0.302. The molecule has 0 aliphatic carbocycles. The zero-order chi connectivity index (χ0) is 16.4. The fraction of sp³-hybridized carbons (Fsp3) is 0.211. The van der Waals surface area contributed by atoms with Crippen molar-refractivity contribution in [2.75, 3.05) is 7.11 Å². The highest BCUT2D eigenvalue weighted by molar-refractivity contribution is 5.81. The molecule has 0 unspecified atom stereocenters. The molecule has 0 atom stereocenters. The van der Waals surface area contributed by atoms with Crippen molar-refractivity contribution >= 4 is 11.0 Å². The molecule has 0 saturated heterocycles. The number of methoxy groups -OCH3 is 1. The third-order valence-corrected chi connectivity index (χ3v) is 3.82. The second kappa shape index (κ2) is 6.16. The Labute approximate surface area is 134 Å². The van der Waals surface area contributed by atoms with Crippen molar-refractivity contribution in [1.82, 2.24) is 0 Å². The second-order valence-corrected chi connectivity index (χ2v) is 5.46. The Hall–Kier alpha value is -2.75. The van der Waals surface area contributed by atoms with Crippen LogP contribution in [0.5, 0.6) is 11.5 Å². The summed E-state index contributed by atoms with van der Waals surface area (Å²) in [6.45, 7) is 4.31. The average Bonchev–Trinajstić information content (AvgIpc) is 2.53. The van der Waals surface area contributed by atoms with Gasteiger partial charge >= 0.3 is 5.63 Å². The lowest BCUT2D eigenvalue weighted by Gasteiger charge is -2.13. The van der Waals surface area contributed by atoms with Crippen LogP contribution < -0.4 is 15.1 Å². The van der Waals surface area contributed by atoms with E-state index in [1.165, 1.54) is 6.07 Å². The predicted molar refractivity (Wildman–Crippen MR) is 89.3 cm³/mol. The Bertz CT molecular complexity index is 889. The van der Waals surface area contributed by atoms with Crippen LogP contribution in [-0.2, 0) is 6.61 Å². The second-order valence-electron chi connectivity index (χ2n) is 5.46. The van der Waals surface area contributed by atoms with Gasteiger partial charge in [-0.1, -0.05) is 18.2 Å². The molecule has 3 aromatic rings. The molecule has 0 radical (unpaired) electrons. The number of hydrogen-bond acceptors (Lipinski definition) is 4. The molecule has 3 rings (SSSR count). The Morgan fingerprint density at radius 1 is 1.04 bits per heavy atom. The van der Waals surface area contributed by atoms with Crippen LogP contribution in [0.15, 0.2) is 51.7 Å². The van der Waals surface area contributed by atoms with E-state index in [1.54, 1.807) is 13.2 Å². The maximum absolute atomic E-state index is 11.8. The Morgan fingerprint density at radius 3 is 2.48 bits per heavy atom. The molecule has 2 aromatic carbocycles. The van der Waals surface area contributed by atoms with Gasteiger partial charge in [0, 0.05) is 23.1 Å². The molecule has 0 spiro atoms. The van der Waals surface area contributed by atoms with E-state index in [0.29, 0.717) is 17.9 Å². The molecule has 118 valence electrons. The molecule has 23 heavy (non-hydrogen) atoms. The molecule has 0 bridgehead atoms. The van der Waals surface area contributed by atoms with Crippen LogP contribution >= 0.6 is 0 Å². The summed E-state index contributed by atoms with van der Waals surface area (Å²) in [6.07, 6.45) is 0. The minimum absolute atomic E-state index is 0.306. The van der Waals surface area contributed by atoms with Gasteiger partial charge in [0.25, 0.3) is 0 Å². The summed E-state index contributed by atoms with van der Waals surface area (Å²) in [4.78, 5) is 11.8. The van der Waals surface area contributed by atoms with Crippen LogP contribution in [0.4, 0.5) is 0 Å². The molecular weight excluding hydrogens is 292 g/mol. The van der Waals surface area contributed by atoms with Crippen LogP contribution in [0.2, 0.25) is 0 Å². The Balaban J connectivity index is 1.98. The van der Waals surface area contributed by atoms with E-state index in [4.69, 9.17) is 13.9 Å². The van der Waals surface area contributed by atoms with Gasteiger partial charge in [-0.2, -0.15) is 0 Å². The average molecular weight is 310 g/mol. The number of para-hydroxylation sites is 1. The summed E-state index contributed by atoms with van der Waals surface area (Å²) in [5.74, 6) is 1.50. The van der Waals surface area contributed by atoms with Gasteiger partial charge in [-0.3, -0.25) is 0 Å². The highest BCUT2D eigenvalue weighted by atomic mass is 16.5. The highest BCUT2D eigenvalue weighted by Gasteiger charge is 2.09. The zero-order valence-electron chi connectivity index (χ0n) is 13.4. The van der Waals surface area contributed by atoms with E-state index < -0.39 is 5.63 Å². The topological polar surface area (TPSA) is 48.7 Å². The SMILES string of the molecule is COc1ccc2c(COc3c(C)cccc3C)cc(=O)oc2c1. The molecule has 0 saturated carbocycles. The van der Waals surface area contributed by atoms with Crippen LogP contribution in [-0.4, -0.2) is 7.11 Å². The minimum atomic E-state index is -0.397. The van der Waals surface area contributed by atoms with Gasteiger partial charge < -0.3 is 13.9 Å². The van der Waals surface area contributed by atoms with E-state index in [2.05, 4.69) is 0 Å². The summed E-state index contributed by atoms with van der Waals surface area (Å²) < 4.78 is 16.4. The first-order chi connectivity index (χ1) is 11.1. The standard InChI is InChI=1S/C19H18O4/c1-12-5-4-6-13(2)19(12)22-11-14-9-18(20)23-17-10-15(21-3)7-8-16(14)17/h4-10H,11H2,1-3H3. The zero-order valence-corrected chi connectivity index (χ0v) is 13.4. The van der Waals surface area contributed by atoms with Crippen LogP contribution in [0, 0.1) is 13.8 Å². The molecule has 0 aliphatic heterocycles. The molecule has 0 N–H and O–H groups in total. The summed E-state index contributed by atoms with van der Waals surface area (Å²) in [7, 11) is 1.58. The first-order valence-electron chi connectivity index (χ1n) is 7.38. The maximum atomic E-state index is 11.8. The lowest BCUT2D eigenvalue weighted by Crippen LogP contribution is -2.05. The third kappa shape index (κ3) is 3.06. The number of fused-ring (bicyclic) bond motifs is 1. The van der Waals surface area contributed by atoms with Gasteiger partial charge in [-0.05, 0) is 37.1 Å². The molecule has 1 aromatic heterocycles. The number of hydrogen-bond donors (Lipinski definition) is 0. The third-order valence-electron chi connectivity index (χ3n) is 3.82. The van der Waals surface area contributed by atoms with Crippen LogP contribution in [0.3, 0.4) is 0 Å². The van der Waals surface area contributed by atoms with Crippen molar-refractivity contribution in [3.05, 3.63) is 69.6 Å². The highest BCUT2D eigenvalue weighted by Crippen LogP contribution is 2.26.